The van der Waals surface area contributed by atoms with E-state index in [1.165, 1.54) is 7.11 Å². The number of hydrogen-bond acceptors (Lipinski definition) is 5. The van der Waals surface area contributed by atoms with Gasteiger partial charge in [0.1, 0.15) is 5.60 Å². The second kappa shape index (κ2) is 7.52. The van der Waals surface area contributed by atoms with E-state index in [0.29, 0.717) is 18.7 Å². The maximum absolute atomic E-state index is 11.4. The zero-order valence-electron chi connectivity index (χ0n) is 12.9. The van der Waals surface area contributed by atoms with Gasteiger partial charge in [-0.1, -0.05) is 0 Å². The number of carbonyl (C=O) groups excluding carboxylic acids is 2. The van der Waals surface area contributed by atoms with Crippen molar-refractivity contribution in [2.24, 2.45) is 0 Å². The van der Waals surface area contributed by atoms with Gasteiger partial charge in [0.05, 0.1) is 12.7 Å². The molecular weight excluding hydrogens is 272 g/mol. The Morgan fingerprint density at radius 1 is 1.10 bits per heavy atom. The number of esters is 1. The molecule has 0 unspecified atom stereocenters. The maximum atomic E-state index is 11.4. The predicted molar refractivity (Wildman–Crippen MR) is 80.5 cm³/mol. The molecule has 6 nitrogen and oxygen atoms in total. The predicted octanol–water partition coefficient (Wildman–Crippen LogP) is 2.41. The molecule has 0 saturated carbocycles. The van der Waals surface area contributed by atoms with Crippen LogP contribution in [0.2, 0.25) is 0 Å². The lowest BCUT2D eigenvalue weighted by atomic mass is 10.2. The number of carbonyl (C=O) groups is 2. The lowest BCUT2D eigenvalue weighted by molar-refractivity contribution is 0.0528. The first-order chi connectivity index (χ1) is 9.81. The second-order valence-corrected chi connectivity index (χ2v) is 5.42. The van der Waals surface area contributed by atoms with Crippen molar-refractivity contribution < 1.29 is 19.1 Å². The molecule has 1 aromatic carbocycles. The van der Waals surface area contributed by atoms with Gasteiger partial charge in [-0.05, 0) is 45.0 Å². The third kappa shape index (κ3) is 6.65. The Morgan fingerprint density at radius 2 is 1.71 bits per heavy atom. The maximum Gasteiger partial charge on any atom is 0.407 e. The van der Waals surface area contributed by atoms with E-state index in [0.717, 1.165) is 5.69 Å². The SMILES string of the molecule is COC(=O)c1ccc(NCCNC(=O)OC(C)(C)C)cc1. The molecule has 1 amide bonds. The summed E-state index contributed by atoms with van der Waals surface area (Å²) in [6.45, 7) is 6.43. The van der Waals surface area contributed by atoms with E-state index in [1.54, 1.807) is 24.3 Å². The number of methoxy groups -OCH3 is 1. The molecule has 6 heteroatoms. The van der Waals surface area contributed by atoms with Crippen molar-refractivity contribution >= 4 is 17.7 Å². The number of amides is 1. The van der Waals surface area contributed by atoms with Crippen LogP contribution >= 0.6 is 0 Å². The van der Waals surface area contributed by atoms with E-state index in [4.69, 9.17) is 4.74 Å². The van der Waals surface area contributed by atoms with Gasteiger partial charge in [-0.25, -0.2) is 9.59 Å². The van der Waals surface area contributed by atoms with Crippen LogP contribution in [-0.2, 0) is 9.47 Å². The fourth-order valence-electron chi connectivity index (χ4n) is 1.53. The first-order valence-corrected chi connectivity index (χ1v) is 6.71. The Hall–Kier alpha value is -2.24. The highest BCUT2D eigenvalue weighted by molar-refractivity contribution is 5.89. The first kappa shape index (κ1) is 16.8. The van der Waals surface area contributed by atoms with Crippen LogP contribution in [0.1, 0.15) is 31.1 Å². The monoisotopic (exact) mass is 294 g/mol. The summed E-state index contributed by atoms with van der Waals surface area (Å²) in [6, 6.07) is 6.91. The van der Waals surface area contributed by atoms with Crippen molar-refractivity contribution in [2.75, 3.05) is 25.5 Å². The van der Waals surface area contributed by atoms with Crippen LogP contribution < -0.4 is 10.6 Å². The molecule has 0 radical (unpaired) electrons. The van der Waals surface area contributed by atoms with Crippen LogP contribution in [0.4, 0.5) is 10.5 Å². The molecule has 0 atom stereocenters. The molecule has 0 aliphatic heterocycles. The van der Waals surface area contributed by atoms with E-state index < -0.39 is 11.7 Å². The molecule has 0 saturated heterocycles. The number of rotatable bonds is 5. The number of anilines is 1. The van der Waals surface area contributed by atoms with Gasteiger partial charge in [0, 0.05) is 18.8 Å². The highest BCUT2D eigenvalue weighted by Crippen LogP contribution is 2.10. The summed E-state index contributed by atoms with van der Waals surface area (Å²) in [5.41, 5.74) is 0.852. The van der Waals surface area contributed by atoms with Crippen molar-refractivity contribution in [1.82, 2.24) is 5.32 Å². The molecule has 21 heavy (non-hydrogen) atoms. The van der Waals surface area contributed by atoms with Crippen molar-refractivity contribution in [1.29, 1.82) is 0 Å². The number of hydrogen-bond donors (Lipinski definition) is 2. The number of benzene rings is 1. The molecule has 0 heterocycles. The fraction of sp³-hybridized carbons (Fsp3) is 0.467. The second-order valence-electron chi connectivity index (χ2n) is 5.42. The summed E-state index contributed by atoms with van der Waals surface area (Å²) in [6.07, 6.45) is -0.440. The van der Waals surface area contributed by atoms with Crippen molar-refractivity contribution in [3.8, 4) is 0 Å². The Labute approximate surface area is 124 Å². The Kier molecular flexibility index (Phi) is 6.02. The zero-order chi connectivity index (χ0) is 15.9. The van der Waals surface area contributed by atoms with E-state index in [-0.39, 0.29) is 5.97 Å². The summed E-state index contributed by atoms with van der Waals surface area (Å²) < 4.78 is 9.74. The minimum atomic E-state index is -0.499. The zero-order valence-corrected chi connectivity index (χ0v) is 12.9. The number of ether oxygens (including phenoxy) is 2. The number of nitrogens with one attached hydrogen (secondary N) is 2. The van der Waals surface area contributed by atoms with Gasteiger partial charge in [-0.3, -0.25) is 0 Å². The van der Waals surface area contributed by atoms with Crippen LogP contribution in [0.15, 0.2) is 24.3 Å². The van der Waals surface area contributed by atoms with E-state index in [1.807, 2.05) is 20.8 Å². The third-order valence-corrected chi connectivity index (χ3v) is 2.43. The Morgan fingerprint density at radius 3 is 2.24 bits per heavy atom. The lowest BCUT2D eigenvalue weighted by Crippen LogP contribution is -2.34. The molecule has 2 N–H and O–H groups in total. The average Bonchev–Trinajstić information content (AvgIpc) is 2.41. The van der Waals surface area contributed by atoms with Gasteiger partial charge < -0.3 is 20.1 Å². The van der Waals surface area contributed by atoms with Gasteiger partial charge >= 0.3 is 12.1 Å². The van der Waals surface area contributed by atoms with E-state index in [9.17, 15) is 9.59 Å². The summed E-state index contributed by atoms with van der Waals surface area (Å²) in [7, 11) is 1.34. The molecule has 116 valence electrons. The molecule has 0 aromatic heterocycles. The lowest BCUT2D eigenvalue weighted by Gasteiger charge is -2.19. The third-order valence-electron chi connectivity index (χ3n) is 2.43. The van der Waals surface area contributed by atoms with Gasteiger partial charge in [-0.15, -0.1) is 0 Å². The molecule has 0 aliphatic carbocycles. The molecule has 0 aliphatic rings. The van der Waals surface area contributed by atoms with Gasteiger partial charge in [-0.2, -0.15) is 0 Å². The highest BCUT2D eigenvalue weighted by atomic mass is 16.6. The Bertz CT molecular complexity index is 477. The quantitative estimate of drug-likeness (QED) is 0.644. The van der Waals surface area contributed by atoms with Gasteiger partial charge in [0.2, 0.25) is 0 Å². The largest absolute Gasteiger partial charge is 0.465 e. The van der Waals surface area contributed by atoms with Crippen LogP contribution in [0.5, 0.6) is 0 Å². The van der Waals surface area contributed by atoms with E-state index in [2.05, 4.69) is 15.4 Å². The first-order valence-electron chi connectivity index (χ1n) is 6.71. The summed E-state index contributed by atoms with van der Waals surface area (Å²) >= 11 is 0. The van der Waals surface area contributed by atoms with Crippen LogP contribution in [0, 0.1) is 0 Å². The summed E-state index contributed by atoms with van der Waals surface area (Å²) in [4.78, 5) is 22.7. The van der Waals surface area contributed by atoms with E-state index >= 15 is 0 Å². The number of alkyl carbamates (subject to hydrolysis) is 1. The normalized spacial score (nSPS) is 10.7. The molecule has 1 aromatic rings. The molecule has 0 fully saturated rings. The smallest absolute Gasteiger partial charge is 0.407 e. The molecular formula is C15H22N2O4. The van der Waals surface area contributed by atoms with Crippen molar-refractivity contribution in [3.63, 3.8) is 0 Å². The van der Waals surface area contributed by atoms with Crippen molar-refractivity contribution in [2.45, 2.75) is 26.4 Å². The summed E-state index contributed by atoms with van der Waals surface area (Å²) in [5.74, 6) is -0.367. The Balaban J connectivity index is 2.30. The highest BCUT2D eigenvalue weighted by Gasteiger charge is 2.15. The minimum absolute atomic E-state index is 0.367. The minimum Gasteiger partial charge on any atom is -0.465 e. The van der Waals surface area contributed by atoms with Crippen LogP contribution in [0.3, 0.4) is 0 Å². The van der Waals surface area contributed by atoms with Gasteiger partial charge in [0.25, 0.3) is 0 Å². The summed E-state index contributed by atoms with van der Waals surface area (Å²) in [5, 5.41) is 5.78. The topological polar surface area (TPSA) is 76.7 Å². The van der Waals surface area contributed by atoms with Crippen LogP contribution in [-0.4, -0.2) is 37.9 Å². The van der Waals surface area contributed by atoms with Gasteiger partial charge in [0.15, 0.2) is 0 Å². The standard InChI is InChI=1S/C15H22N2O4/c1-15(2,3)21-14(19)17-10-9-16-12-7-5-11(6-8-12)13(18)20-4/h5-8,16H,9-10H2,1-4H3,(H,17,19). The van der Waals surface area contributed by atoms with Crippen LogP contribution in [0.25, 0.3) is 0 Å². The molecule has 0 spiro atoms. The molecule has 0 bridgehead atoms. The molecule has 1 rings (SSSR count). The van der Waals surface area contributed by atoms with Crippen molar-refractivity contribution in [3.05, 3.63) is 29.8 Å². The average molecular weight is 294 g/mol. The fourth-order valence-corrected chi connectivity index (χ4v) is 1.53.